The minimum absolute atomic E-state index is 0.00935. The molecule has 10 nitrogen and oxygen atoms in total. The summed E-state index contributed by atoms with van der Waals surface area (Å²) in [7, 11) is -3.67. The Morgan fingerprint density at radius 3 is 2.76 bits per heavy atom. The highest BCUT2D eigenvalue weighted by Crippen LogP contribution is 2.31. The molecule has 2 aromatic rings. The van der Waals surface area contributed by atoms with Crippen molar-refractivity contribution in [3.63, 3.8) is 0 Å². The van der Waals surface area contributed by atoms with Gasteiger partial charge in [-0.15, -0.1) is 5.10 Å². The molecule has 0 spiro atoms. The lowest BCUT2D eigenvalue weighted by atomic mass is 10.1. The molecule has 0 aliphatic carbocycles. The van der Waals surface area contributed by atoms with E-state index in [4.69, 9.17) is 14.9 Å². The number of carboxylic acid groups (broad SMARTS) is 1. The summed E-state index contributed by atoms with van der Waals surface area (Å²) in [6.45, 7) is 3.54. The SMILES string of the molecule is CC(C)CS(=O)(=O)C1=NN2C(=N)/C(=C\c3ccc(-c4cccc(C(=O)O)c4)o3)C(=O)N=C2S1. The Morgan fingerprint density at radius 1 is 1.30 bits per heavy atom. The number of fused-ring (bicyclic) bond motifs is 1. The third kappa shape index (κ3) is 4.52. The number of rotatable bonds is 5. The number of furan rings is 1. The number of nitrogens with zero attached hydrogens (tertiary/aromatic N) is 3. The van der Waals surface area contributed by atoms with Crippen LogP contribution < -0.4 is 0 Å². The number of sulfone groups is 1. The van der Waals surface area contributed by atoms with Crippen LogP contribution in [0.2, 0.25) is 0 Å². The Hall–Kier alpha value is -3.51. The lowest BCUT2D eigenvalue weighted by Crippen LogP contribution is -2.35. The number of carboxylic acids is 1. The number of carbonyl (C=O) groups excluding carboxylic acids is 1. The topological polar surface area (TPSA) is 153 Å². The number of hydrogen-bond acceptors (Lipinski definition) is 8. The maximum Gasteiger partial charge on any atom is 0.335 e. The van der Waals surface area contributed by atoms with E-state index in [2.05, 4.69) is 10.1 Å². The predicted octanol–water partition coefficient (Wildman–Crippen LogP) is 3.29. The first-order valence-electron chi connectivity index (χ1n) is 9.71. The average Bonchev–Trinajstić information content (AvgIpc) is 3.38. The molecule has 0 saturated heterocycles. The van der Waals surface area contributed by atoms with E-state index in [-0.39, 0.29) is 43.9 Å². The number of thioether (sulfide) groups is 1. The molecule has 12 heteroatoms. The molecule has 1 aromatic carbocycles. The molecule has 33 heavy (non-hydrogen) atoms. The van der Waals surface area contributed by atoms with E-state index in [1.165, 1.54) is 18.2 Å². The van der Waals surface area contributed by atoms with E-state index >= 15 is 0 Å². The van der Waals surface area contributed by atoms with Crippen LogP contribution >= 0.6 is 11.8 Å². The van der Waals surface area contributed by atoms with Crippen LogP contribution in [0.3, 0.4) is 0 Å². The number of benzene rings is 1. The van der Waals surface area contributed by atoms with Crippen molar-refractivity contribution in [2.75, 3.05) is 5.75 Å². The molecule has 0 atom stereocenters. The van der Waals surface area contributed by atoms with E-state index < -0.39 is 21.7 Å². The average molecular weight is 487 g/mol. The molecule has 170 valence electrons. The standard InChI is InChI=1S/C21H18N4O6S2/c1-11(2)10-33(29,30)21-24-25-17(22)15(18(26)23-20(25)32-21)9-14-6-7-16(31-14)12-4-3-5-13(8-12)19(27)28/h3-9,11,22H,10H2,1-2H3,(H,27,28)/b15-9+,22-17?. The fraction of sp³-hybridized carbons (Fsp3) is 0.190. The zero-order valence-electron chi connectivity index (χ0n) is 17.5. The van der Waals surface area contributed by atoms with Gasteiger partial charge in [-0.2, -0.15) is 10.0 Å². The van der Waals surface area contributed by atoms with Gasteiger partial charge in [0, 0.05) is 5.56 Å². The quantitative estimate of drug-likeness (QED) is 0.610. The Labute approximate surface area is 193 Å². The fourth-order valence-electron chi connectivity index (χ4n) is 3.14. The Bertz CT molecular complexity index is 1380. The molecule has 1 amide bonds. The van der Waals surface area contributed by atoms with Crippen molar-refractivity contribution >= 4 is 54.9 Å². The van der Waals surface area contributed by atoms with Gasteiger partial charge >= 0.3 is 5.97 Å². The summed E-state index contributed by atoms with van der Waals surface area (Å²) < 4.78 is 30.5. The van der Waals surface area contributed by atoms with Crippen LogP contribution in [0, 0.1) is 11.3 Å². The van der Waals surface area contributed by atoms with E-state index in [0.717, 1.165) is 16.8 Å². The van der Waals surface area contributed by atoms with E-state index in [1.54, 1.807) is 38.1 Å². The van der Waals surface area contributed by atoms with Gasteiger partial charge < -0.3 is 9.52 Å². The highest BCUT2D eigenvalue weighted by Gasteiger charge is 2.40. The van der Waals surface area contributed by atoms with Crippen LogP contribution in [-0.4, -0.2) is 51.5 Å². The van der Waals surface area contributed by atoms with E-state index in [1.807, 2.05) is 0 Å². The minimum atomic E-state index is -3.67. The molecule has 2 N–H and O–H groups in total. The van der Waals surface area contributed by atoms with Crippen molar-refractivity contribution in [3.05, 3.63) is 53.3 Å². The van der Waals surface area contributed by atoms with Crippen LogP contribution in [0.15, 0.2) is 56.5 Å². The first kappa shape index (κ1) is 22.7. The zero-order valence-corrected chi connectivity index (χ0v) is 19.1. The van der Waals surface area contributed by atoms with Crippen LogP contribution in [0.25, 0.3) is 17.4 Å². The highest BCUT2D eigenvalue weighted by molar-refractivity contribution is 8.42. The number of carbonyl (C=O) groups is 2. The fourth-order valence-corrected chi connectivity index (χ4v) is 5.93. The molecule has 0 unspecified atom stereocenters. The lowest BCUT2D eigenvalue weighted by Gasteiger charge is -2.19. The maximum absolute atomic E-state index is 12.5. The summed E-state index contributed by atoms with van der Waals surface area (Å²) in [5.41, 5.74) is 0.513. The van der Waals surface area contributed by atoms with Crippen LogP contribution in [0.1, 0.15) is 30.0 Å². The Kier molecular flexibility index (Phi) is 5.80. The summed E-state index contributed by atoms with van der Waals surface area (Å²) in [5, 5.41) is 22.6. The molecular weight excluding hydrogens is 468 g/mol. The number of aliphatic imine (C=N–C) groups is 1. The molecule has 2 aliphatic heterocycles. The van der Waals surface area contributed by atoms with Crippen molar-refractivity contribution in [2.45, 2.75) is 13.8 Å². The molecular formula is C21H18N4O6S2. The van der Waals surface area contributed by atoms with Crippen LogP contribution in [0.5, 0.6) is 0 Å². The van der Waals surface area contributed by atoms with E-state index in [9.17, 15) is 18.0 Å². The van der Waals surface area contributed by atoms with Gasteiger partial charge in [0.05, 0.1) is 16.9 Å². The van der Waals surface area contributed by atoms with Gasteiger partial charge in [0.1, 0.15) is 11.5 Å². The van der Waals surface area contributed by atoms with Gasteiger partial charge in [0.25, 0.3) is 5.91 Å². The molecule has 2 aliphatic rings. The number of hydrogen-bond donors (Lipinski definition) is 2. The van der Waals surface area contributed by atoms with Crippen molar-refractivity contribution in [1.29, 1.82) is 5.41 Å². The number of nitrogens with one attached hydrogen (secondary N) is 1. The van der Waals surface area contributed by atoms with Gasteiger partial charge in [0.15, 0.2) is 5.84 Å². The molecule has 0 bridgehead atoms. The lowest BCUT2D eigenvalue weighted by molar-refractivity contribution is -0.114. The van der Waals surface area contributed by atoms with Crippen molar-refractivity contribution in [3.8, 4) is 11.3 Å². The van der Waals surface area contributed by atoms with Crippen LogP contribution in [0.4, 0.5) is 0 Å². The van der Waals surface area contributed by atoms with Gasteiger partial charge in [0.2, 0.25) is 19.4 Å². The summed E-state index contributed by atoms with van der Waals surface area (Å²) in [6.07, 6.45) is 1.32. The summed E-state index contributed by atoms with van der Waals surface area (Å²) in [4.78, 5) is 27.6. The van der Waals surface area contributed by atoms with E-state index in [0.29, 0.717) is 11.3 Å². The second kappa shape index (κ2) is 8.45. The largest absolute Gasteiger partial charge is 0.478 e. The van der Waals surface area contributed by atoms with Crippen LogP contribution in [-0.2, 0) is 14.6 Å². The van der Waals surface area contributed by atoms with Gasteiger partial charge in [-0.1, -0.05) is 26.0 Å². The summed E-state index contributed by atoms with van der Waals surface area (Å²) >= 11 is 0.742. The van der Waals surface area contributed by atoms with Crippen molar-refractivity contribution in [2.24, 2.45) is 16.0 Å². The smallest absolute Gasteiger partial charge is 0.335 e. The first-order chi connectivity index (χ1) is 15.5. The maximum atomic E-state index is 12.5. The first-order valence-corrected chi connectivity index (χ1v) is 12.2. The van der Waals surface area contributed by atoms with Gasteiger partial charge in [-0.05, 0) is 48.0 Å². The monoisotopic (exact) mass is 486 g/mol. The van der Waals surface area contributed by atoms with Crippen molar-refractivity contribution in [1.82, 2.24) is 5.01 Å². The Balaban J connectivity index is 1.62. The number of hydrazone groups is 1. The zero-order chi connectivity index (χ0) is 23.9. The Morgan fingerprint density at radius 2 is 2.06 bits per heavy atom. The number of amidine groups is 2. The molecule has 3 heterocycles. The summed E-state index contributed by atoms with van der Waals surface area (Å²) in [6, 6.07) is 9.36. The molecule has 1 aromatic heterocycles. The minimum Gasteiger partial charge on any atom is -0.478 e. The number of amides is 1. The molecule has 0 saturated carbocycles. The molecule has 0 fully saturated rings. The van der Waals surface area contributed by atoms with Gasteiger partial charge in [-0.3, -0.25) is 10.2 Å². The van der Waals surface area contributed by atoms with Crippen molar-refractivity contribution < 1.29 is 27.5 Å². The predicted molar refractivity (Wildman–Crippen MR) is 125 cm³/mol. The normalized spacial score (nSPS) is 17.4. The molecule has 0 radical (unpaired) electrons. The third-order valence-electron chi connectivity index (χ3n) is 4.56. The second-order valence-corrected chi connectivity index (χ2v) is 10.8. The van der Waals surface area contributed by atoms with Gasteiger partial charge in [-0.25, -0.2) is 13.2 Å². The summed E-state index contributed by atoms with van der Waals surface area (Å²) in [5.74, 6) is -1.72. The molecule has 4 rings (SSSR count). The second-order valence-electron chi connectivity index (χ2n) is 7.65. The third-order valence-corrected chi connectivity index (χ3v) is 8.00. The highest BCUT2D eigenvalue weighted by atomic mass is 32.3. The number of aromatic carboxylic acids is 1.